The average molecular weight is 445 g/mol. The van der Waals surface area contributed by atoms with Crippen molar-refractivity contribution >= 4 is 50.1 Å². The van der Waals surface area contributed by atoms with Crippen LogP contribution in [0.15, 0.2) is 40.9 Å². The van der Waals surface area contributed by atoms with Crippen molar-refractivity contribution in [2.24, 2.45) is 0 Å². The van der Waals surface area contributed by atoms with E-state index in [0.29, 0.717) is 10.0 Å². The van der Waals surface area contributed by atoms with Crippen LogP contribution in [-0.4, -0.2) is 5.91 Å². The third kappa shape index (κ3) is 3.16. The minimum atomic E-state index is -0.660. The number of hydrogen-bond donors (Lipinski definition) is 1. The molecule has 2 rings (SSSR count). The molecule has 6 heteroatoms. The first-order chi connectivity index (χ1) is 9.52. The number of amides is 1. The summed E-state index contributed by atoms with van der Waals surface area (Å²) in [7, 11) is 0. The van der Waals surface area contributed by atoms with Crippen LogP contribution in [0, 0.1) is 20.7 Å². The Labute approximate surface area is 137 Å². The van der Waals surface area contributed by atoms with Crippen molar-refractivity contribution in [2.45, 2.75) is 0 Å². The number of benzene rings is 2. The smallest absolute Gasteiger partial charge is 0.256 e. The molecule has 0 unspecified atom stereocenters. The summed E-state index contributed by atoms with van der Waals surface area (Å²) in [6, 6.07) is 11.2. The second-order valence-corrected chi connectivity index (χ2v) is 5.95. The van der Waals surface area contributed by atoms with E-state index in [2.05, 4.69) is 43.8 Å². The summed E-state index contributed by atoms with van der Waals surface area (Å²) in [6.07, 6.45) is 0. The monoisotopic (exact) mass is 444 g/mol. The number of nitriles is 1. The van der Waals surface area contributed by atoms with Crippen LogP contribution in [-0.2, 0) is 0 Å². The van der Waals surface area contributed by atoms with E-state index in [1.54, 1.807) is 18.2 Å². The van der Waals surface area contributed by atoms with E-state index in [1.807, 2.05) is 6.07 Å². The highest BCUT2D eigenvalue weighted by atomic mass is 127. The lowest BCUT2D eigenvalue weighted by molar-refractivity contribution is 0.102. The molecular weight excluding hydrogens is 438 g/mol. The fraction of sp³-hybridized carbons (Fsp3) is 0. The summed E-state index contributed by atoms with van der Waals surface area (Å²) in [5, 5.41) is 11.5. The molecule has 1 amide bonds. The van der Waals surface area contributed by atoms with Gasteiger partial charge in [-0.2, -0.15) is 5.26 Å². The Balaban J connectivity index is 2.36. The van der Waals surface area contributed by atoms with Crippen LogP contribution >= 0.6 is 38.5 Å². The standard InChI is InChI=1S/C14H7BrFIN2O/c15-11-5-4-8(17)6-9(11)14(20)19-13-3-1-2-12(16)10(13)7-18/h1-6H,(H,19,20). The molecule has 3 nitrogen and oxygen atoms in total. The van der Waals surface area contributed by atoms with Gasteiger partial charge in [-0.15, -0.1) is 0 Å². The molecule has 0 saturated heterocycles. The van der Waals surface area contributed by atoms with Gasteiger partial charge in [0.25, 0.3) is 5.91 Å². The highest BCUT2D eigenvalue weighted by Gasteiger charge is 2.14. The molecule has 0 aliphatic rings. The van der Waals surface area contributed by atoms with Crippen molar-refractivity contribution in [1.29, 1.82) is 5.26 Å². The van der Waals surface area contributed by atoms with Gasteiger partial charge in [-0.25, -0.2) is 4.39 Å². The summed E-state index contributed by atoms with van der Waals surface area (Å²) in [5.74, 6) is -1.07. The Morgan fingerprint density at radius 3 is 2.80 bits per heavy atom. The largest absolute Gasteiger partial charge is 0.321 e. The fourth-order valence-corrected chi connectivity index (χ4v) is 2.52. The Bertz CT molecular complexity index is 728. The van der Waals surface area contributed by atoms with Crippen LogP contribution in [0.5, 0.6) is 0 Å². The maximum atomic E-state index is 13.5. The molecule has 0 fully saturated rings. The third-order valence-corrected chi connectivity index (χ3v) is 3.91. The first-order valence-corrected chi connectivity index (χ1v) is 7.35. The Hall–Kier alpha value is -1.46. The van der Waals surface area contributed by atoms with E-state index in [1.165, 1.54) is 18.2 Å². The molecule has 0 bridgehead atoms. The maximum Gasteiger partial charge on any atom is 0.256 e. The van der Waals surface area contributed by atoms with E-state index < -0.39 is 11.7 Å². The van der Waals surface area contributed by atoms with Crippen LogP contribution in [0.2, 0.25) is 0 Å². The van der Waals surface area contributed by atoms with E-state index >= 15 is 0 Å². The van der Waals surface area contributed by atoms with Gasteiger partial charge >= 0.3 is 0 Å². The molecule has 0 radical (unpaired) electrons. The van der Waals surface area contributed by atoms with E-state index in [9.17, 15) is 9.18 Å². The molecule has 20 heavy (non-hydrogen) atoms. The first-order valence-electron chi connectivity index (χ1n) is 5.48. The summed E-state index contributed by atoms with van der Waals surface area (Å²) < 4.78 is 15.0. The zero-order valence-corrected chi connectivity index (χ0v) is 13.7. The predicted octanol–water partition coefficient (Wildman–Crippen LogP) is 4.32. The quantitative estimate of drug-likeness (QED) is 0.701. The number of carbonyl (C=O) groups is 1. The summed E-state index contributed by atoms with van der Waals surface area (Å²) in [6.45, 7) is 0. The summed E-state index contributed by atoms with van der Waals surface area (Å²) >= 11 is 5.38. The van der Waals surface area contributed by atoms with Gasteiger partial charge in [0.05, 0.1) is 11.3 Å². The van der Waals surface area contributed by atoms with Crippen LogP contribution in [0.3, 0.4) is 0 Å². The minimum absolute atomic E-state index is 0.156. The summed E-state index contributed by atoms with van der Waals surface area (Å²) in [4.78, 5) is 12.2. The molecule has 0 spiro atoms. The molecule has 100 valence electrons. The lowest BCUT2D eigenvalue weighted by Gasteiger charge is -2.09. The normalized spacial score (nSPS) is 9.90. The molecule has 0 heterocycles. The number of halogens is 3. The number of anilines is 1. The number of hydrogen-bond acceptors (Lipinski definition) is 2. The van der Waals surface area contributed by atoms with E-state index in [0.717, 1.165) is 3.57 Å². The zero-order chi connectivity index (χ0) is 14.7. The highest BCUT2D eigenvalue weighted by molar-refractivity contribution is 14.1. The highest BCUT2D eigenvalue weighted by Crippen LogP contribution is 2.23. The van der Waals surface area contributed by atoms with Crippen LogP contribution in [0.4, 0.5) is 10.1 Å². The van der Waals surface area contributed by atoms with Gasteiger partial charge in [-0.3, -0.25) is 4.79 Å². The Kier molecular flexibility index (Phi) is 4.73. The van der Waals surface area contributed by atoms with Crippen LogP contribution in [0.1, 0.15) is 15.9 Å². The second kappa shape index (κ2) is 6.33. The van der Waals surface area contributed by atoms with Gasteiger partial charge in [0.15, 0.2) is 0 Å². The van der Waals surface area contributed by atoms with Gasteiger partial charge in [0.1, 0.15) is 17.4 Å². The molecule has 0 atom stereocenters. The number of nitrogens with one attached hydrogen (secondary N) is 1. The van der Waals surface area contributed by atoms with Crippen molar-refractivity contribution in [1.82, 2.24) is 0 Å². The first kappa shape index (κ1) is 14.9. The Morgan fingerprint density at radius 1 is 1.35 bits per heavy atom. The molecule has 0 aliphatic heterocycles. The average Bonchev–Trinajstić information content (AvgIpc) is 2.41. The number of rotatable bonds is 2. The van der Waals surface area contributed by atoms with Crippen molar-refractivity contribution in [3.63, 3.8) is 0 Å². The molecule has 0 aromatic heterocycles. The zero-order valence-electron chi connectivity index (χ0n) is 9.95. The van der Waals surface area contributed by atoms with Crippen molar-refractivity contribution in [2.75, 3.05) is 5.32 Å². The molecule has 2 aromatic rings. The number of nitrogens with zero attached hydrogens (tertiary/aromatic N) is 1. The second-order valence-electron chi connectivity index (χ2n) is 3.85. The van der Waals surface area contributed by atoms with Gasteiger partial charge in [-0.05, 0) is 68.9 Å². The predicted molar refractivity (Wildman–Crippen MR) is 85.9 cm³/mol. The molecule has 1 N–H and O–H groups in total. The van der Waals surface area contributed by atoms with Crippen LogP contribution in [0.25, 0.3) is 0 Å². The molecule has 0 aliphatic carbocycles. The third-order valence-electron chi connectivity index (χ3n) is 2.55. The van der Waals surface area contributed by atoms with E-state index in [4.69, 9.17) is 5.26 Å². The minimum Gasteiger partial charge on any atom is -0.321 e. The fourth-order valence-electron chi connectivity index (χ4n) is 1.60. The van der Waals surface area contributed by atoms with Gasteiger partial charge in [-0.1, -0.05) is 6.07 Å². The molecule has 2 aromatic carbocycles. The van der Waals surface area contributed by atoms with Crippen molar-refractivity contribution < 1.29 is 9.18 Å². The lowest BCUT2D eigenvalue weighted by Crippen LogP contribution is -2.14. The lowest BCUT2D eigenvalue weighted by atomic mass is 10.1. The molecule has 0 saturated carbocycles. The van der Waals surface area contributed by atoms with Gasteiger partial charge < -0.3 is 5.32 Å². The maximum absolute atomic E-state index is 13.5. The topological polar surface area (TPSA) is 52.9 Å². The van der Waals surface area contributed by atoms with E-state index in [-0.39, 0.29) is 11.3 Å². The van der Waals surface area contributed by atoms with Gasteiger partial charge in [0.2, 0.25) is 0 Å². The SMILES string of the molecule is N#Cc1c(F)cccc1NC(=O)c1cc(I)ccc1Br. The number of carbonyl (C=O) groups excluding carboxylic acids is 1. The Morgan fingerprint density at radius 2 is 2.10 bits per heavy atom. The van der Waals surface area contributed by atoms with Crippen LogP contribution < -0.4 is 5.32 Å². The summed E-state index contributed by atoms with van der Waals surface area (Å²) in [5.41, 5.74) is 0.399. The van der Waals surface area contributed by atoms with Crippen molar-refractivity contribution in [3.05, 3.63) is 61.4 Å². The van der Waals surface area contributed by atoms with Crippen molar-refractivity contribution in [3.8, 4) is 6.07 Å². The van der Waals surface area contributed by atoms with Gasteiger partial charge in [0, 0.05) is 8.04 Å². The molecular formula is C14H7BrFIN2O.